The summed E-state index contributed by atoms with van der Waals surface area (Å²) in [5, 5.41) is 3.27. The lowest BCUT2D eigenvalue weighted by atomic mass is 10.1. The molecular formula is C20H16N4O. The molecule has 0 amide bonds. The Hall–Kier alpha value is -3.47. The van der Waals surface area contributed by atoms with Gasteiger partial charge in [0, 0.05) is 23.4 Å². The summed E-state index contributed by atoms with van der Waals surface area (Å²) < 4.78 is 5.24. The first-order valence-corrected chi connectivity index (χ1v) is 7.91. The smallest absolute Gasteiger partial charge is 0.132 e. The number of benzene rings is 2. The largest absolute Gasteiger partial charge is 0.497 e. The van der Waals surface area contributed by atoms with Crippen molar-refractivity contribution >= 4 is 22.5 Å². The van der Waals surface area contributed by atoms with Crippen LogP contribution in [0.25, 0.3) is 22.3 Å². The number of ether oxygens (including phenoxy) is 1. The number of hydrogen-bond acceptors (Lipinski definition) is 5. The highest BCUT2D eigenvalue weighted by atomic mass is 16.5. The monoisotopic (exact) mass is 328 g/mol. The van der Waals surface area contributed by atoms with E-state index in [4.69, 9.17) is 9.72 Å². The zero-order valence-electron chi connectivity index (χ0n) is 13.7. The molecule has 0 unspecified atom stereocenters. The van der Waals surface area contributed by atoms with Crippen LogP contribution < -0.4 is 10.1 Å². The third-order valence-electron chi connectivity index (χ3n) is 3.84. The van der Waals surface area contributed by atoms with Crippen LogP contribution >= 0.6 is 0 Å². The van der Waals surface area contributed by atoms with E-state index in [0.29, 0.717) is 5.82 Å². The lowest BCUT2D eigenvalue weighted by molar-refractivity contribution is 0.415. The van der Waals surface area contributed by atoms with Crippen LogP contribution in [0.15, 0.2) is 73.1 Å². The summed E-state index contributed by atoms with van der Waals surface area (Å²) in [7, 11) is 1.65. The first-order valence-electron chi connectivity index (χ1n) is 7.91. The number of fused-ring (bicyclic) bond motifs is 1. The van der Waals surface area contributed by atoms with Gasteiger partial charge in [-0.3, -0.25) is 4.98 Å². The van der Waals surface area contributed by atoms with E-state index in [1.807, 2.05) is 60.7 Å². The van der Waals surface area contributed by atoms with Gasteiger partial charge in [-0.05, 0) is 12.1 Å². The van der Waals surface area contributed by atoms with Crippen LogP contribution in [0.4, 0.5) is 11.5 Å². The van der Waals surface area contributed by atoms with Crippen LogP contribution in [-0.4, -0.2) is 22.1 Å². The Balaban J connectivity index is 1.68. The second kappa shape index (κ2) is 6.57. The van der Waals surface area contributed by atoms with Crippen molar-refractivity contribution < 1.29 is 4.74 Å². The van der Waals surface area contributed by atoms with Crippen molar-refractivity contribution in [2.75, 3.05) is 12.4 Å². The number of pyridine rings is 1. The quantitative estimate of drug-likeness (QED) is 0.600. The molecule has 0 radical (unpaired) electrons. The minimum absolute atomic E-state index is 0.709. The molecule has 2 aromatic heterocycles. The number of nitrogens with one attached hydrogen (secondary N) is 1. The second-order valence-electron chi connectivity index (χ2n) is 5.54. The molecule has 2 aromatic carbocycles. The van der Waals surface area contributed by atoms with Gasteiger partial charge in [0.25, 0.3) is 0 Å². The van der Waals surface area contributed by atoms with Crippen LogP contribution in [0.5, 0.6) is 5.75 Å². The molecule has 5 heteroatoms. The summed E-state index contributed by atoms with van der Waals surface area (Å²) >= 11 is 0. The van der Waals surface area contributed by atoms with E-state index in [9.17, 15) is 0 Å². The maximum atomic E-state index is 5.24. The minimum Gasteiger partial charge on any atom is -0.497 e. The van der Waals surface area contributed by atoms with Gasteiger partial charge in [-0.15, -0.1) is 0 Å². The molecule has 0 aliphatic carbocycles. The van der Waals surface area contributed by atoms with Gasteiger partial charge in [0.1, 0.15) is 17.1 Å². The van der Waals surface area contributed by atoms with E-state index < -0.39 is 0 Å². The van der Waals surface area contributed by atoms with Crippen LogP contribution in [0.2, 0.25) is 0 Å². The summed E-state index contributed by atoms with van der Waals surface area (Å²) in [6.45, 7) is 0. The zero-order chi connectivity index (χ0) is 17.1. The van der Waals surface area contributed by atoms with Gasteiger partial charge < -0.3 is 10.1 Å². The van der Waals surface area contributed by atoms with Crippen molar-refractivity contribution in [3.63, 3.8) is 0 Å². The average Bonchev–Trinajstić information content (AvgIpc) is 2.68. The normalized spacial score (nSPS) is 10.6. The molecule has 0 saturated heterocycles. The van der Waals surface area contributed by atoms with Crippen LogP contribution in [0.1, 0.15) is 0 Å². The fraction of sp³-hybridized carbons (Fsp3) is 0.0500. The first-order chi connectivity index (χ1) is 12.3. The zero-order valence-corrected chi connectivity index (χ0v) is 13.7. The molecule has 0 aliphatic heterocycles. The average molecular weight is 328 g/mol. The van der Waals surface area contributed by atoms with Crippen LogP contribution in [0, 0.1) is 0 Å². The summed E-state index contributed by atoms with van der Waals surface area (Å²) in [6.07, 6.45) is 3.49. The molecular weight excluding hydrogens is 312 g/mol. The SMILES string of the molecule is COc1cccc(Nc2cc3nc(-c4ccccc4)cnc3cn2)c1. The van der Waals surface area contributed by atoms with Gasteiger partial charge in [-0.25, -0.2) is 9.97 Å². The maximum Gasteiger partial charge on any atom is 0.132 e. The number of hydrogen-bond donors (Lipinski definition) is 1. The minimum atomic E-state index is 0.709. The van der Waals surface area contributed by atoms with Crippen molar-refractivity contribution in [2.24, 2.45) is 0 Å². The first kappa shape index (κ1) is 15.1. The predicted molar refractivity (Wildman–Crippen MR) is 99.0 cm³/mol. The van der Waals surface area contributed by atoms with E-state index in [0.717, 1.165) is 33.7 Å². The van der Waals surface area contributed by atoms with Crippen molar-refractivity contribution in [2.45, 2.75) is 0 Å². The van der Waals surface area contributed by atoms with Gasteiger partial charge in [0.2, 0.25) is 0 Å². The molecule has 1 N–H and O–H groups in total. The molecule has 4 aromatic rings. The number of rotatable bonds is 4. The Bertz CT molecular complexity index is 1020. The van der Waals surface area contributed by atoms with Crippen molar-refractivity contribution in [3.05, 3.63) is 73.1 Å². The highest BCUT2D eigenvalue weighted by Crippen LogP contribution is 2.23. The Labute approximate surface area is 145 Å². The molecule has 0 fully saturated rings. The molecule has 25 heavy (non-hydrogen) atoms. The Morgan fingerprint density at radius 2 is 1.72 bits per heavy atom. The van der Waals surface area contributed by atoms with E-state index in [-0.39, 0.29) is 0 Å². The van der Waals surface area contributed by atoms with Crippen LogP contribution in [0.3, 0.4) is 0 Å². The summed E-state index contributed by atoms with van der Waals surface area (Å²) in [6, 6.07) is 19.6. The van der Waals surface area contributed by atoms with Gasteiger partial charge in [0.15, 0.2) is 0 Å². The maximum absolute atomic E-state index is 5.24. The standard InChI is InChI=1S/C20H16N4O/c1-25-16-9-5-8-15(10-16)23-20-11-17-19(13-22-20)21-12-18(24-17)14-6-3-2-4-7-14/h2-13H,1H3,(H,22,23). The Morgan fingerprint density at radius 1 is 0.840 bits per heavy atom. The van der Waals surface area contributed by atoms with E-state index >= 15 is 0 Å². The topological polar surface area (TPSA) is 59.9 Å². The highest BCUT2D eigenvalue weighted by molar-refractivity contribution is 5.79. The number of methoxy groups -OCH3 is 1. The lowest BCUT2D eigenvalue weighted by Crippen LogP contribution is -1.96. The molecule has 0 aliphatic rings. The Morgan fingerprint density at radius 3 is 2.56 bits per heavy atom. The lowest BCUT2D eigenvalue weighted by Gasteiger charge is -2.08. The summed E-state index contributed by atoms with van der Waals surface area (Å²) in [4.78, 5) is 13.6. The van der Waals surface area contributed by atoms with Gasteiger partial charge in [-0.1, -0.05) is 36.4 Å². The molecule has 0 bridgehead atoms. The molecule has 0 atom stereocenters. The highest BCUT2D eigenvalue weighted by Gasteiger charge is 2.05. The molecule has 2 heterocycles. The molecule has 122 valence electrons. The van der Waals surface area contributed by atoms with Gasteiger partial charge >= 0.3 is 0 Å². The summed E-state index contributed by atoms with van der Waals surface area (Å²) in [5.74, 6) is 1.50. The predicted octanol–water partition coefficient (Wildman–Crippen LogP) is 4.44. The van der Waals surface area contributed by atoms with Crippen molar-refractivity contribution in [1.29, 1.82) is 0 Å². The second-order valence-corrected chi connectivity index (χ2v) is 5.54. The number of nitrogens with zero attached hydrogens (tertiary/aromatic N) is 3. The molecule has 0 saturated carbocycles. The summed E-state index contributed by atoms with van der Waals surface area (Å²) in [5.41, 5.74) is 4.33. The fourth-order valence-electron chi connectivity index (χ4n) is 2.58. The fourth-order valence-corrected chi connectivity index (χ4v) is 2.58. The molecule has 4 rings (SSSR count). The Kier molecular flexibility index (Phi) is 3.96. The van der Waals surface area contributed by atoms with E-state index in [1.165, 1.54) is 0 Å². The number of anilines is 2. The van der Waals surface area contributed by atoms with E-state index in [2.05, 4.69) is 15.3 Å². The van der Waals surface area contributed by atoms with Crippen molar-refractivity contribution in [3.8, 4) is 17.0 Å². The molecule has 0 spiro atoms. The third-order valence-corrected chi connectivity index (χ3v) is 3.84. The van der Waals surface area contributed by atoms with Crippen LogP contribution in [-0.2, 0) is 0 Å². The van der Waals surface area contributed by atoms with Gasteiger partial charge in [0.05, 0.1) is 30.7 Å². The van der Waals surface area contributed by atoms with Gasteiger partial charge in [-0.2, -0.15) is 0 Å². The van der Waals surface area contributed by atoms with E-state index in [1.54, 1.807) is 19.5 Å². The third kappa shape index (κ3) is 3.26. The molecule has 5 nitrogen and oxygen atoms in total. The number of aromatic nitrogens is 3. The van der Waals surface area contributed by atoms with Crippen molar-refractivity contribution in [1.82, 2.24) is 15.0 Å².